The maximum atomic E-state index is 13.4. The molecule has 0 aliphatic heterocycles. The third-order valence-corrected chi connectivity index (χ3v) is 5.84. The molecule has 3 atom stereocenters. The van der Waals surface area contributed by atoms with Crippen molar-refractivity contribution < 1.29 is 33.8 Å². The van der Waals surface area contributed by atoms with Gasteiger partial charge in [-0.1, -0.05) is 32.0 Å². The zero-order valence-corrected chi connectivity index (χ0v) is 23.9. The van der Waals surface area contributed by atoms with Crippen molar-refractivity contribution in [1.82, 2.24) is 26.3 Å². The Labute approximate surface area is 234 Å². The van der Waals surface area contributed by atoms with Gasteiger partial charge in [-0.05, 0) is 51.7 Å². The number of H-pyrrole nitrogens is 1. The average molecular weight is 560 g/mol. The zero-order valence-electron chi connectivity index (χ0n) is 23.9. The monoisotopic (exact) mass is 559 g/mol. The van der Waals surface area contributed by atoms with E-state index in [1.165, 1.54) is 6.92 Å². The van der Waals surface area contributed by atoms with E-state index in [0.29, 0.717) is 6.42 Å². The zero-order chi connectivity index (χ0) is 30.0. The topological polar surface area (TPSA) is 179 Å². The Morgan fingerprint density at radius 3 is 2.20 bits per heavy atom. The number of aromatic nitrogens is 1. The van der Waals surface area contributed by atoms with Crippen molar-refractivity contribution in [3.8, 4) is 0 Å². The van der Waals surface area contributed by atoms with Crippen molar-refractivity contribution in [2.24, 2.45) is 5.92 Å². The van der Waals surface area contributed by atoms with Crippen LogP contribution in [0.3, 0.4) is 0 Å². The molecule has 0 radical (unpaired) electrons. The van der Waals surface area contributed by atoms with E-state index in [1.807, 2.05) is 38.1 Å². The number of para-hydroxylation sites is 1. The highest BCUT2D eigenvalue weighted by molar-refractivity contribution is 5.94. The number of nitrogens with one attached hydrogen (secondary N) is 5. The van der Waals surface area contributed by atoms with Gasteiger partial charge in [0.1, 0.15) is 23.7 Å². The molecule has 0 bridgehead atoms. The van der Waals surface area contributed by atoms with Crippen molar-refractivity contribution in [1.29, 1.82) is 0 Å². The van der Waals surface area contributed by atoms with Crippen molar-refractivity contribution in [2.75, 3.05) is 6.54 Å². The minimum atomic E-state index is -1.09. The molecule has 4 amide bonds. The molecule has 2 aromatic rings. The summed E-state index contributed by atoms with van der Waals surface area (Å²) in [4.78, 5) is 65.5. The van der Waals surface area contributed by atoms with Gasteiger partial charge in [0.2, 0.25) is 17.7 Å². The molecular formula is C28H41N5O7. The number of fused-ring (bicyclic) bond motifs is 1. The second-order valence-corrected chi connectivity index (χ2v) is 11.1. The number of carboxylic acid groups (broad SMARTS) is 1. The van der Waals surface area contributed by atoms with Crippen LogP contribution in [0.2, 0.25) is 0 Å². The Morgan fingerprint density at radius 2 is 1.57 bits per heavy atom. The molecule has 0 spiro atoms. The molecule has 0 aliphatic rings. The number of rotatable bonds is 13. The van der Waals surface area contributed by atoms with Crippen molar-refractivity contribution >= 4 is 40.7 Å². The molecule has 0 fully saturated rings. The van der Waals surface area contributed by atoms with E-state index in [1.54, 1.807) is 27.0 Å². The number of hydrogen-bond donors (Lipinski definition) is 6. The molecule has 0 aliphatic carbocycles. The van der Waals surface area contributed by atoms with Gasteiger partial charge < -0.3 is 36.1 Å². The SMILES string of the molecule is CC(C)C[C@H](NC(=O)OC(C)(C)C)C(=O)N[C@@H](Cc1c[nH]c2ccccc12)C(=O)N[C@@H](C)C(=O)NCCC(=O)O. The third-order valence-electron chi connectivity index (χ3n) is 5.84. The fourth-order valence-corrected chi connectivity index (χ4v) is 3.98. The van der Waals surface area contributed by atoms with Crippen LogP contribution in [-0.4, -0.2) is 70.1 Å². The number of carbonyl (C=O) groups excluding carboxylic acids is 4. The number of ether oxygens (including phenoxy) is 1. The molecule has 12 heteroatoms. The van der Waals surface area contributed by atoms with Crippen LogP contribution in [0, 0.1) is 5.92 Å². The summed E-state index contributed by atoms with van der Waals surface area (Å²) in [6, 6.07) is 4.47. The first-order chi connectivity index (χ1) is 18.7. The van der Waals surface area contributed by atoms with Crippen LogP contribution in [0.15, 0.2) is 30.5 Å². The summed E-state index contributed by atoms with van der Waals surface area (Å²) in [5, 5.41) is 20.1. The van der Waals surface area contributed by atoms with Gasteiger partial charge in [0.05, 0.1) is 6.42 Å². The van der Waals surface area contributed by atoms with E-state index in [2.05, 4.69) is 26.3 Å². The second-order valence-electron chi connectivity index (χ2n) is 11.1. The van der Waals surface area contributed by atoms with Crippen LogP contribution in [0.25, 0.3) is 10.9 Å². The highest BCUT2D eigenvalue weighted by Crippen LogP contribution is 2.19. The lowest BCUT2D eigenvalue weighted by molar-refractivity contribution is -0.137. The summed E-state index contributed by atoms with van der Waals surface area (Å²) in [6.45, 7) is 10.3. The molecule has 1 heterocycles. The number of aliphatic carboxylic acids is 1. The fraction of sp³-hybridized carbons (Fsp3) is 0.536. The Kier molecular flexibility index (Phi) is 11.5. The van der Waals surface area contributed by atoms with E-state index < -0.39 is 53.5 Å². The Balaban J connectivity index is 2.24. The molecule has 0 saturated carbocycles. The number of benzene rings is 1. The minimum Gasteiger partial charge on any atom is -0.481 e. The molecule has 2 rings (SSSR count). The average Bonchev–Trinajstić information content (AvgIpc) is 3.24. The maximum absolute atomic E-state index is 13.4. The summed E-state index contributed by atoms with van der Waals surface area (Å²) in [5.74, 6) is -2.76. The van der Waals surface area contributed by atoms with E-state index in [-0.39, 0.29) is 25.3 Å². The van der Waals surface area contributed by atoms with E-state index in [9.17, 15) is 24.0 Å². The van der Waals surface area contributed by atoms with Gasteiger partial charge >= 0.3 is 12.1 Å². The quantitative estimate of drug-likeness (QED) is 0.218. The van der Waals surface area contributed by atoms with Gasteiger partial charge in [-0.2, -0.15) is 0 Å². The van der Waals surface area contributed by atoms with Gasteiger partial charge in [0.25, 0.3) is 0 Å². The lowest BCUT2D eigenvalue weighted by Gasteiger charge is -2.26. The number of aromatic amines is 1. The third kappa shape index (κ3) is 10.6. The van der Waals surface area contributed by atoms with Crippen LogP contribution >= 0.6 is 0 Å². The van der Waals surface area contributed by atoms with Crippen molar-refractivity contribution in [3.63, 3.8) is 0 Å². The lowest BCUT2D eigenvalue weighted by Crippen LogP contribution is -2.57. The van der Waals surface area contributed by atoms with E-state index in [4.69, 9.17) is 9.84 Å². The summed E-state index contributed by atoms with van der Waals surface area (Å²) in [7, 11) is 0. The normalized spacial score (nSPS) is 13.7. The number of amides is 4. The number of carbonyl (C=O) groups is 5. The molecular weight excluding hydrogens is 518 g/mol. The fourth-order valence-electron chi connectivity index (χ4n) is 3.98. The standard InChI is InChI=1S/C28H41N5O7/c1-16(2)13-21(33-27(39)40-28(4,5)6)26(38)32-22(14-18-15-30-20-10-8-7-9-19(18)20)25(37)31-17(3)24(36)29-12-11-23(34)35/h7-10,15-17,21-22,30H,11-14H2,1-6H3,(H,29,36)(H,31,37)(H,32,38)(H,33,39)(H,34,35)/t17-,21-,22-/m0/s1. The molecule has 1 aromatic carbocycles. The van der Waals surface area contributed by atoms with Gasteiger partial charge in [-0.25, -0.2) is 4.79 Å². The van der Waals surface area contributed by atoms with Crippen LogP contribution in [0.1, 0.15) is 59.9 Å². The first-order valence-electron chi connectivity index (χ1n) is 13.3. The van der Waals surface area contributed by atoms with Crippen LogP contribution < -0.4 is 21.3 Å². The number of alkyl carbamates (subject to hydrolysis) is 1. The summed E-state index contributed by atoms with van der Waals surface area (Å²) in [6.07, 6.45) is 1.15. The minimum absolute atomic E-state index is 0.0427. The molecule has 12 nitrogen and oxygen atoms in total. The second kappa shape index (κ2) is 14.3. The largest absolute Gasteiger partial charge is 0.481 e. The Bertz CT molecular complexity index is 1200. The lowest BCUT2D eigenvalue weighted by atomic mass is 10.0. The van der Waals surface area contributed by atoms with Gasteiger partial charge in [0, 0.05) is 30.1 Å². The molecule has 40 heavy (non-hydrogen) atoms. The highest BCUT2D eigenvalue weighted by Gasteiger charge is 2.30. The van der Waals surface area contributed by atoms with Crippen LogP contribution in [-0.2, 0) is 30.3 Å². The molecule has 6 N–H and O–H groups in total. The van der Waals surface area contributed by atoms with Crippen molar-refractivity contribution in [3.05, 3.63) is 36.0 Å². The Morgan fingerprint density at radius 1 is 0.925 bits per heavy atom. The molecule has 0 saturated heterocycles. The first-order valence-corrected chi connectivity index (χ1v) is 13.3. The highest BCUT2D eigenvalue weighted by atomic mass is 16.6. The van der Waals surface area contributed by atoms with E-state index in [0.717, 1.165) is 16.5 Å². The van der Waals surface area contributed by atoms with Crippen molar-refractivity contribution in [2.45, 2.75) is 84.5 Å². The molecule has 220 valence electrons. The predicted molar refractivity (Wildman–Crippen MR) is 149 cm³/mol. The summed E-state index contributed by atoms with van der Waals surface area (Å²) >= 11 is 0. The smallest absolute Gasteiger partial charge is 0.408 e. The number of hydrogen-bond acceptors (Lipinski definition) is 6. The molecule has 0 unspecified atom stereocenters. The first kappa shape index (κ1) is 32.1. The maximum Gasteiger partial charge on any atom is 0.408 e. The van der Waals surface area contributed by atoms with Crippen LogP contribution in [0.4, 0.5) is 4.79 Å². The Hall–Kier alpha value is -4.09. The predicted octanol–water partition coefficient (Wildman–Crippen LogP) is 2.23. The van der Waals surface area contributed by atoms with Gasteiger partial charge in [-0.15, -0.1) is 0 Å². The van der Waals surface area contributed by atoms with E-state index >= 15 is 0 Å². The van der Waals surface area contributed by atoms with Crippen LogP contribution in [0.5, 0.6) is 0 Å². The number of carboxylic acids is 1. The van der Waals surface area contributed by atoms with Gasteiger partial charge in [-0.3, -0.25) is 19.2 Å². The summed E-state index contributed by atoms with van der Waals surface area (Å²) < 4.78 is 5.32. The molecule has 1 aromatic heterocycles. The summed E-state index contributed by atoms with van der Waals surface area (Å²) in [5.41, 5.74) is 0.871. The van der Waals surface area contributed by atoms with Gasteiger partial charge in [0.15, 0.2) is 0 Å².